The maximum atomic E-state index is 12.6. The largest absolute Gasteiger partial charge is 0.462 e. The van der Waals surface area contributed by atoms with E-state index in [9.17, 15) is 18.0 Å². The topological polar surface area (TPSA) is 109 Å². The molecule has 1 amide bonds. The van der Waals surface area contributed by atoms with Gasteiger partial charge in [-0.1, -0.05) is 12.1 Å². The standard InChI is InChI=1S/C23H30N4O5S/c1-4-32-23(29)19-7-8-21(24-16-19)26-11-13-27(14-12-26)22(28)9-10-25-33(30,31)20-15-17(2)5-6-18(20)3/h5-8,15-16,25H,4,9-14H2,1-3H3. The van der Waals surface area contributed by atoms with Crippen molar-refractivity contribution in [1.29, 1.82) is 0 Å². The van der Waals surface area contributed by atoms with Crippen LogP contribution in [0.2, 0.25) is 0 Å². The lowest BCUT2D eigenvalue weighted by Crippen LogP contribution is -2.49. The minimum absolute atomic E-state index is 0.0473. The predicted octanol–water partition coefficient (Wildman–Crippen LogP) is 1.89. The van der Waals surface area contributed by atoms with E-state index in [1.807, 2.05) is 17.9 Å². The van der Waals surface area contributed by atoms with E-state index in [1.54, 1.807) is 43.0 Å². The summed E-state index contributed by atoms with van der Waals surface area (Å²) in [5, 5.41) is 0. The minimum Gasteiger partial charge on any atom is -0.462 e. The molecule has 1 aromatic carbocycles. The van der Waals surface area contributed by atoms with E-state index in [0.717, 1.165) is 11.4 Å². The van der Waals surface area contributed by atoms with Gasteiger partial charge in [-0.15, -0.1) is 0 Å². The van der Waals surface area contributed by atoms with Crippen LogP contribution in [0.15, 0.2) is 41.4 Å². The molecule has 1 aliphatic rings. The number of esters is 1. The fourth-order valence-electron chi connectivity index (χ4n) is 3.62. The molecule has 0 radical (unpaired) electrons. The van der Waals surface area contributed by atoms with Crippen molar-refractivity contribution in [3.8, 4) is 0 Å². The van der Waals surface area contributed by atoms with Crippen molar-refractivity contribution in [1.82, 2.24) is 14.6 Å². The Kier molecular flexibility index (Phi) is 8.04. The van der Waals surface area contributed by atoms with Crippen LogP contribution in [0.5, 0.6) is 0 Å². The molecule has 0 saturated carbocycles. The van der Waals surface area contributed by atoms with Gasteiger partial charge in [0.15, 0.2) is 0 Å². The second-order valence-electron chi connectivity index (χ2n) is 7.91. The Morgan fingerprint density at radius 2 is 1.82 bits per heavy atom. The summed E-state index contributed by atoms with van der Waals surface area (Å²) in [4.78, 5) is 32.7. The third-order valence-corrected chi connectivity index (χ3v) is 7.08. The quantitative estimate of drug-likeness (QED) is 0.582. The molecule has 1 saturated heterocycles. The van der Waals surface area contributed by atoms with E-state index in [-0.39, 0.29) is 23.8 Å². The number of carbonyl (C=O) groups is 2. The van der Waals surface area contributed by atoms with Gasteiger partial charge >= 0.3 is 5.97 Å². The zero-order chi connectivity index (χ0) is 24.0. The van der Waals surface area contributed by atoms with E-state index in [1.165, 1.54) is 6.20 Å². The van der Waals surface area contributed by atoms with Gasteiger partial charge in [0, 0.05) is 45.3 Å². The van der Waals surface area contributed by atoms with E-state index in [4.69, 9.17) is 4.74 Å². The van der Waals surface area contributed by atoms with Gasteiger partial charge in [-0.2, -0.15) is 0 Å². The van der Waals surface area contributed by atoms with Crippen molar-refractivity contribution in [3.05, 3.63) is 53.2 Å². The number of rotatable bonds is 8. The van der Waals surface area contributed by atoms with E-state index >= 15 is 0 Å². The van der Waals surface area contributed by atoms with E-state index in [2.05, 4.69) is 9.71 Å². The van der Waals surface area contributed by atoms with Gasteiger partial charge in [-0.3, -0.25) is 4.79 Å². The smallest absolute Gasteiger partial charge is 0.339 e. The van der Waals surface area contributed by atoms with Gasteiger partial charge in [-0.05, 0) is 50.1 Å². The highest BCUT2D eigenvalue weighted by molar-refractivity contribution is 7.89. The molecule has 0 unspecified atom stereocenters. The number of anilines is 1. The van der Waals surface area contributed by atoms with Gasteiger partial charge in [0.1, 0.15) is 5.82 Å². The molecule has 33 heavy (non-hydrogen) atoms. The van der Waals surface area contributed by atoms with Crippen molar-refractivity contribution in [3.63, 3.8) is 0 Å². The summed E-state index contributed by atoms with van der Waals surface area (Å²) >= 11 is 0. The Hall–Kier alpha value is -2.98. The molecule has 0 atom stereocenters. The van der Waals surface area contributed by atoms with Crippen LogP contribution in [0.4, 0.5) is 5.82 Å². The van der Waals surface area contributed by atoms with Crippen LogP contribution in [0.3, 0.4) is 0 Å². The number of nitrogens with one attached hydrogen (secondary N) is 1. The highest BCUT2D eigenvalue weighted by Gasteiger charge is 2.23. The summed E-state index contributed by atoms with van der Waals surface area (Å²) in [5.41, 5.74) is 1.93. The molecule has 1 N–H and O–H groups in total. The zero-order valence-electron chi connectivity index (χ0n) is 19.2. The van der Waals surface area contributed by atoms with Crippen LogP contribution in [0.25, 0.3) is 0 Å². The molecule has 0 spiro atoms. The molecular formula is C23H30N4O5S. The third-order valence-electron chi connectivity index (χ3n) is 5.48. The first-order valence-corrected chi connectivity index (χ1v) is 12.4. The minimum atomic E-state index is -3.67. The second kappa shape index (κ2) is 10.8. The van der Waals surface area contributed by atoms with Crippen molar-refractivity contribution in [2.75, 3.05) is 44.2 Å². The Bertz CT molecular complexity index is 1090. The number of hydrogen-bond donors (Lipinski definition) is 1. The van der Waals surface area contributed by atoms with Gasteiger partial charge in [-0.25, -0.2) is 22.9 Å². The first kappa shape index (κ1) is 24.7. The Labute approximate surface area is 194 Å². The number of hydrogen-bond acceptors (Lipinski definition) is 7. The van der Waals surface area contributed by atoms with Crippen LogP contribution >= 0.6 is 0 Å². The summed E-state index contributed by atoms with van der Waals surface area (Å²) in [6.45, 7) is 7.94. The third kappa shape index (κ3) is 6.29. The number of benzene rings is 1. The van der Waals surface area contributed by atoms with E-state index < -0.39 is 16.0 Å². The van der Waals surface area contributed by atoms with Gasteiger partial charge in [0.05, 0.1) is 17.1 Å². The monoisotopic (exact) mass is 474 g/mol. The maximum Gasteiger partial charge on any atom is 0.339 e. The lowest BCUT2D eigenvalue weighted by molar-refractivity contribution is -0.131. The SMILES string of the molecule is CCOC(=O)c1ccc(N2CCN(C(=O)CCNS(=O)(=O)c3cc(C)ccc3C)CC2)nc1. The Morgan fingerprint density at radius 1 is 1.09 bits per heavy atom. The molecule has 178 valence electrons. The lowest BCUT2D eigenvalue weighted by Gasteiger charge is -2.35. The maximum absolute atomic E-state index is 12.6. The molecule has 1 fully saturated rings. The van der Waals surface area contributed by atoms with Crippen molar-refractivity contribution < 1.29 is 22.7 Å². The molecule has 1 aromatic heterocycles. The molecule has 2 aromatic rings. The van der Waals surface area contributed by atoms with Gasteiger partial charge in [0.25, 0.3) is 0 Å². The van der Waals surface area contributed by atoms with E-state index in [0.29, 0.717) is 43.9 Å². The molecule has 0 aliphatic carbocycles. The van der Waals surface area contributed by atoms with Crippen LogP contribution in [-0.4, -0.2) is 69.5 Å². The number of sulfonamides is 1. The molecule has 3 rings (SSSR count). The number of nitrogens with zero attached hydrogens (tertiary/aromatic N) is 3. The molecule has 0 bridgehead atoms. The fraction of sp³-hybridized carbons (Fsp3) is 0.435. The molecule has 9 nitrogen and oxygen atoms in total. The summed E-state index contributed by atoms with van der Waals surface area (Å²) in [6.07, 6.45) is 1.59. The summed E-state index contributed by atoms with van der Waals surface area (Å²) in [5.74, 6) is 0.237. The molecule has 2 heterocycles. The molecule has 10 heteroatoms. The highest BCUT2D eigenvalue weighted by atomic mass is 32.2. The first-order valence-electron chi connectivity index (χ1n) is 10.9. The van der Waals surface area contributed by atoms with Crippen LogP contribution in [0, 0.1) is 13.8 Å². The summed E-state index contributed by atoms with van der Waals surface area (Å²) in [7, 11) is -3.67. The number of pyridine rings is 1. The Morgan fingerprint density at radius 3 is 2.45 bits per heavy atom. The zero-order valence-corrected chi connectivity index (χ0v) is 20.0. The molecular weight excluding hydrogens is 444 g/mol. The van der Waals surface area contributed by atoms with Crippen LogP contribution in [0.1, 0.15) is 34.8 Å². The summed E-state index contributed by atoms with van der Waals surface area (Å²) in [6, 6.07) is 8.72. The number of carbonyl (C=O) groups excluding carboxylic acids is 2. The van der Waals surface area contributed by atoms with Gasteiger partial charge < -0.3 is 14.5 Å². The lowest BCUT2D eigenvalue weighted by atomic mass is 10.2. The number of ether oxygens (including phenoxy) is 1. The Balaban J connectivity index is 1.47. The first-order chi connectivity index (χ1) is 15.7. The average molecular weight is 475 g/mol. The van der Waals surface area contributed by atoms with Gasteiger partial charge in [0.2, 0.25) is 15.9 Å². The van der Waals surface area contributed by atoms with Crippen molar-refractivity contribution >= 4 is 27.7 Å². The van der Waals surface area contributed by atoms with Crippen molar-refractivity contribution in [2.24, 2.45) is 0 Å². The molecule has 1 aliphatic heterocycles. The summed E-state index contributed by atoms with van der Waals surface area (Å²) < 4.78 is 32.7. The van der Waals surface area contributed by atoms with Crippen molar-refractivity contribution in [2.45, 2.75) is 32.1 Å². The predicted molar refractivity (Wildman–Crippen MR) is 125 cm³/mol. The number of piperazine rings is 1. The normalized spacial score (nSPS) is 14.3. The number of aromatic nitrogens is 1. The highest BCUT2D eigenvalue weighted by Crippen LogP contribution is 2.17. The second-order valence-corrected chi connectivity index (χ2v) is 9.65. The number of amides is 1. The van der Waals surface area contributed by atoms with Crippen LogP contribution < -0.4 is 9.62 Å². The average Bonchev–Trinajstić information content (AvgIpc) is 2.81. The fourth-order valence-corrected chi connectivity index (χ4v) is 4.98. The number of aryl methyl sites for hydroxylation is 2. The van der Waals surface area contributed by atoms with Crippen LogP contribution in [-0.2, 0) is 19.6 Å².